The highest BCUT2D eigenvalue weighted by molar-refractivity contribution is 6.58. The molecule has 4 N–H and O–H groups in total. The van der Waals surface area contributed by atoms with E-state index in [0.29, 0.717) is 5.56 Å². The Hall–Kier alpha value is -2.59. The number of carbonyl (C=O) groups is 3. The first-order valence-corrected chi connectivity index (χ1v) is 9.38. The molecule has 0 saturated carbocycles. The lowest BCUT2D eigenvalue weighted by Crippen LogP contribution is -2.50. The number of alkyl carbamates (subject to hydrolysis) is 1. The van der Waals surface area contributed by atoms with Crippen LogP contribution in [0.25, 0.3) is 0 Å². The van der Waals surface area contributed by atoms with Gasteiger partial charge in [0.05, 0.1) is 0 Å². The standard InChI is InChI=1S/C19H27BN2O7/c1-11-9-14(21-18(26)29-19(2,3)4)16(23)22(11)15(17(24)25)10-12-5-7-13(8-6-12)20(27)28/h5-8,11,14-15,27-28H,9-10H2,1-4H3,(H,21,26)(H,24,25)/t11?,14?,15-/m0/s1. The van der Waals surface area contributed by atoms with E-state index < -0.39 is 42.8 Å². The number of carboxylic acids is 1. The van der Waals surface area contributed by atoms with Crippen LogP contribution in [-0.2, 0) is 20.7 Å². The van der Waals surface area contributed by atoms with Crippen molar-refractivity contribution in [3.8, 4) is 0 Å². The lowest BCUT2D eigenvalue weighted by molar-refractivity contribution is -0.149. The number of benzene rings is 1. The number of ether oxygens (including phenoxy) is 1. The molecule has 0 spiro atoms. The molecule has 1 aliphatic rings. The lowest BCUT2D eigenvalue weighted by Gasteiger charge is -2.29. The van der Waals surface area contributed by atoms with Crippen molar-refractivity contribution in [2.24, 2.45) is 0 Å². The van der Waals surface area contributed by atoms with E-state index in [-0.39, 0.29) is 24.3 Å². The average Bonchev–Trinajstić information content (AvgIpc) is 2.85. The molecular weight excluding hydrogens is 379 g/mol. The SMILES string of the molecule is CC1CC(NC(=O)OC(C)(C)C)C(=O)N1[C@@H](Cc1ccc(B(O)O)cc1)C(=O)O. The molecule has 2 rings (SSSR count). The van der Waals surface area contributed by atoms with Crippen molar-refractivity contribution in [3.05, 3.63) is 29.8 Å². The Bertz CT molecular complexity index is 761. The molecule has 0 radical (unpaired) electrons. The number of likely N-dealkylation sites (tertiary alicyclic amines) is 1. The molecule has 1 aromatic rings. The average molecular weight is 406 g/mol. The van der Waals surface area contributed by atoms with Gasteiger partial charge in [0, 0.05) is 12.5 Å². The number of nitrogens with one attached hydrogen (secondary N) is 1. The molecule has 0 aliphatic carbocycles. The molecule has 1 aromatic carbocycles. The molecule has 29 heavy (non-hydrogen) atoms. The normalized spacial score (nSPS) is 20.3. The summed E-state index contributed by atoms with van der Waals surface area (Å²) in [5, 5.41) is 30.6. The van der Waals surface area contributed by atoms with E-state index in [1.165, 1.54) is 17.0 Å². The molecule has 9 nitrogen and oxygen atoms in total. The maximum absolute atomic E-state index is 12.8. The number of amides is 2. The summed E-state index contributed by atoms with van der Waals surface area (Å²) in [5.41, 5.74) is 0.202. The van der Waals surface area contributed by atoms with Gasteiger partial charge in [-0.1, -0.05) is 24.3 Å². The zero-order chi connectivity index (χ0) is 21.9. The Balaban J connectivity index is 2.13. The van der Waals surface area contributed by atoms with Crippen molar-refractivity contribution in [2.75, 3.05) is 0 Å². The van der Waals surface area contributed by atoms with E-state index in [1.807, 2.05) is 0 Å². The minimum absolute atomic E-state index is 0.0480. The lowest BCUT2D eigenvalue weighted by atomic mass is 9.80. The summed E-state index contributed by atoms with van der Waals surface area (Å²) < 4.78 is 5.17. The maximum atomic E-state index is 12.8. The van der Waals surface area contributed by atoms with Crippen LogP contribution in [0.1, 0.15) is 39.7 Å². The first kappa shape index (κ1) is 22.7. The highest BCUT2D eigenvalue weighted by Crippen LogP contribution is 2.24. The minimum Gasteiger partial charge on any atom is -0.480 e. The van der Waals surface area contributed by atoms with Gasteiger partial charge in [-0.2, -0.15) is 0 Å². The first-order chi connectivity index (χ1) is 13.4. The third-order valence-corrected chi connectivity index (χ3v) is 4.62. The van der Waals surface area contributed by atoms with Gasteiger partial charge in [0.25, 0.3) is 0 Å². The van der Waals surface area contributed by atoms with Crippen molar-refractivity contribution < 1.29 is 34.3 Å². The molecule has 2 unspecified atom stereocenters. The second-order valence-corrected chi connectivity index (χ2v) is 8.20. The van der Waals surface area contributed by atoms with Crippen LogP contribution < -0.4 is 10.8 Å². The van der Waals surface area contributed by atoms with E-state index in [4.69, 9.17) is 14.8 Å². The first-order valence-electron chi connectivity index (χ1n) is 9.38. The number of nitrogens with zero attached hydrogens (tertiary/aromatic N) is 1. The molecule has 1 aliphatic heterocycles. The number of carboxylic acid groups (broad SMARTS) is 1. The van der Waals surface area contributed by atoms with Crippen molar-refractivity contribution in [1.82, 2.24) is 10.2 Å². The Morgan fingerprint density at radius 1 is 1.28 bits per heavy atom. The van der Waals surface area contributed by atoms with Crippen molar-refractivity contribution >= 4 is 30.6 Å². The molecule has 1 fully saturated rings. The molecule has 1 saturated heterocycles. The van der Waals surface area contributed by atoms with Gasteiger partial charge in [-0.25, -0.2) is 9.59 Å². The predicted molar refractivity (Wildman–Crippen MR) is 105 cm³/mol. The van der Waals surface area contributed by atoms with Gasteiger partial charge < -0.3 is 30.1 Å². The summed E-state index contributed by atoms with van der Waals surface area (Å²) in [4.78, 5) is 38.0. The Labute approximate surface area is 169 Å². The van der Waals surface area contributed by atoms with Crippen LogP contribution in [0.4, 0.5) is 4.79 Å². The fourth-order valence-corrected chi connectivity index (χ4v) is 3.34. The van der Waals surface area contributed by atoms with Crippen LogP contribution in [0.3, 0.4) is 0 Å². The van der Waals surface area contributed by atoms with Crippen molar-refractivity contribution in [1.29, 1.82) is 0 Å². The van der Waals surface area contributed by atoms with E-state index >= 15 is 0 Å². The number of carbonyl (C=O) groups excluding carboxylic acids is 2. The van der Waals surface area contributed by atoms with Gasteiger partial charge >= 0.3 is 19.2 Å². The molecule has 10 heteroatoms. The molecule has 158 valence electrons. The Morgan fingerprint density at radius 2 is 1.86 bits per heavy atom. The topological polar surface area (TPSA) is 136 Å². The highest BCUT2D eigenvalue weighted by atomic mass is 16.6. The van der Waals surface area contributed by atoms with Gasteiger partial charge in [-0.15, -0.1) is 0 Å². The number of rotatable bonds is 6. The van der Waals surface area contributed by atoms with Gasteiger partial charge in [-0.3, -0.25) is 4.79 Å². The Morgan fingerprint density at radius 3 is 2.34 bits per heavy atom. The number of hydrogen-bond donors (Lipinski definition) is 4. The number of hydrogen-bond acceptors (Lipinski definition) is 6. The zero-order valence-electron chi connectivity index (χ0n) is 17.0. The van der Waals surface area contributed by atoms with E-state index in [9.17, 15) is 19.5 Å². The van der Waals surface area contributed by atoms with Crippen molar-refractivity contribution in [3.63, 3.8) is 0 Å². The van der Waals surface area contributed by atoms with Gasteiger partial charge in [0.15, 0.2) is 0 Å². The second kappa shape index (κ2) is 8.83. The molecule has 0 bridgehead atoms. The van der Waals surface area contributed by atoms with Crippen LogP contribution >= 0.6 is 0 Å². The second-order valence-electron chi connectivity index (χ2n) is 8.20. The largest absolute Gasteiger partial charge is 0.488 e. The van der Waals surface area contributed by atoms with Gasteiger partial charge in [-0.05, 0) is 45.1 Å². The zero-order valence-corrected chi connectivity index (χ0v) is 17.0. The van der Waals surface area contributed by atoms with Crippen LogP contribution in [0, 0.1) is 0 Å². The highest BCUT2D eigenvalue weighted by Gasteiger charge is 2.44. The fraction of sp³-hybridized carbons (Fsp3) is 0.526. The smallest absolute Gasteiger partial charge is 0.480 e. The van der Waals surface area contributed by atoms with Gasteiger partial charge in [0.1, 0.15) is 17.7 Å². The van der Waals surface area contributed by atoms with Crippen LogP contribution in [0.2, 0.25) is 0 Å². The molecule has 3 atom stereocenters. The molecule has 2 amide bonds. The maximum Gasteiger partial charge on any atom is 0.488 e. The summed E-state index contributed by atoms with van der Waals surface area (Å²) in [7, 11) is -1.61. The van der Waals surface area contributed by atoms with E-state index in [2.05, 4.69) is 5.32 Å². The van der Waals surface area contributed by atoms with E-state index in [1.54, 1.807) is 39.8 Å². The van der Waals surface area contributed by atoms with Crippen LogP contribution in [-0.4, -0.2) is 68.9 Å². The van der Waals surface area contributed by atoms with E-state index in [0.717, 1.165) is 0 Å². The molecular formula is C19H27BN2O7. The summed E-state index contributed by atoms with van der Waals surface area (Å²) in [6.45, 7) is 6.86. The minimum atomic E-state index is -1.61. The summed E-state index contributed by atoms with van der Waals surface area (Å²) in [5.74, 6) is -1.63. The summed E-state index contributed by atoms with van der Waals surface area (Å²) in [6.07, 6.45) is -0.404. The quantitative estimate of drug-likeness (QED) is 0.484. The number of aliphatic carboxylic acids is 1. The third-order valence-electron chi connectivity index (χ3n) is 4.62. The summed E-state index contributed by atoms with van der Waals surface area (Å²) >= 11 is 0. The Kier molecular flexibility index (Phi) is 6.91. The predicted octanol–water partition coefficient (Wildman–Crippen LogP) is -0.124. The summed E-state index contributed by atoms with van der Waals surface area (Å²) in [6, 6.07) is 3.80. The van der Waals surface area contributed by atoms with Gasteiger partial charge in [0.2, 0.25) is 5.91 Å². The molecule has 1 heterocycles. The fourth-order valence-electron chi connectivity index (χ4n) is 3.34. The van der Waals surface area contributed by atoms with Crippen LogP contribution in [0.5, 0.6) is 0 Å². The van der Waals surface area contributed by atoms with Crippen molar-refractivity contribution in [2.45, 2.75) is 64.3 Å². The van der Waals surface area contributed by atoms with Crippen LogP contribution in [0.15, 0.2) is 24.3 Å². The monoisotopic (exact) mass is 406 g/mol. The molecule has 0 aromatic heterocycles. The third kappa shape index (κ3) is 5.94.